The summed E-state index contributed by atoms with van der Waals surface area (Å²) in [7, 11) is 0. The number of hydrogen-bond acceptors (Lipinski definition) is 6. The fraction of sp³-hybridized carbons (Fsp3) is 0.182. The Kier molecular flexibility index (Phi) is 12.5. The minimum absolute atomic E-state index is 0.949. The van der Waals surface area contributed by atoms with E-state index < -0.39 is 0 Å². The maximum atomic E-state index is 5.27. The van der Waals surface area contributed by atoms with Crippen LogP contribution in [0, 0.1) is 0 Å². The first kappa shape index (κ1) is 34.8. The van der Waals surface area contributed by atoms with Gasteiger partial charge in [0.1, 0.15) is 0 Å². The summed E-state index contributed by atoms with van der Waals surface area (Å²) in [5, 5.41) is 0. The second-order valence-corrected chi connectivity index (χ2v) is 16.3. The van der Waals surface area contributed by atoms with Crippen molar-refractivity contribution in [1.82, 2.24) is 9.97 Å². The van der Waals surface area contributed by atoms with Crippen LogP contribution >= 0.6 is 47.0 Å². The number of thioether (sulfide) groups is 4. The molecule has 250 valence electrons. The quantitative estimate of drug-likeness (QED) is 0.0921. The van der Waals surface area contributed by atoms with E-state index in [1.807, 2.05) is 47.0 Å². The second-order valence-electron chi connectivity index (χ2n) is 12.4. The highest BCUT2D eigenvalue weighted by atomic mass is 32.2. The number of fused-ring (bicyclic) bond motifs is 2. The molecule has 0 bridgehead atoms. The molecule has 2 nitrogen and oxygen atoms in total. The lowest BCUT2D eigenvalue weighted by Crippen LogP contribution is -1.99. The van der Waals surface area contributed by atoms with Crippen LogP contribution in [0.3, 0.4) is 0 Å². The highest BCUT2D eigenvalue weighted by Crippen LogP contribution is 2.32. The van der Waals surface area contributed by atoms with E-state index in [0.29, 0.717) is 0 Å². The van der Waals surface area contributed by atoms with Crippen molar-refractivity contribution in [2.75, 3.05) is 0 Å². The third-order valence-electron chi connectivity index (χ3n) is 8.55. The molecule has 6 heteroatoms. The van der Waals surface area contributed by atoms with Gasteiger partial charge in [-0.15, -0.1) is 0 Å². The average Bonchev–Trinajstić information content (AvgIpc) is 3.16. The van der Waals surface area contributed by atoms with Gasteiger partial charge in [-0.05, 0) is 68.8 Å². The molecule has 0 aliphatic heterocycles. The van der Waals surface area contributed by atoms with Crippen molar-refractivity contribution in [2.45, 2.75) is 46.0 Å². The lowest BCUT2D eigenvalue weighted by Gasteiger charge is -2.14. The van der Waals surface area contributed by atoms with Crippen molar-refractivity contribution in [3.63, 3.8) is 0 Å². The van der Waals surface area contributed by atoms with Crippen LogP contribution in [0.2, 0.25) is 0 Å². The largest absolute Gasteiger partial charge is 0.244 e. The van der Waals surface area contributed by atoms with E-state index in [1.165, 1.54) is 44.5 Å². The lowest BCUT2D eigenvalue weighted by molar-refractivity contribution is 1.24. The summed E-state index contributed by atoms with van der Waals surface area (Å²) in [4.78, 5) is 10.5. The van der Waals surface area contributed by atoms with E-state index in [-0.39, 0.29) is 0 Å². The summed E-state index contributed by atoms with van der Waals surface area (Å²) in [6.07, 6.45) is 0. The van der Waals surface area contributed by atoms with Crippen LogP contribution in [0.4, 0.5) is 0 Å². The third kappa shape index (κ3) is 9.76. The maximum absolute atomic E-state index is 5.27. The van der Waals surface area contributed by atoms with Gasteiger partial charge in [0.05, 0.1) is 22.1 Å². The van der Waals surface area contributed by atoms with Crippen LogP contribution < -0.4 is 0 Å². The molecule has 6 aromatic carbocycles. The number of benzene rings is 6. The van der Waals surface area contributed by atoms with Crippen molar-refractivity contribution in [1.29, 1.82) is 0 Å². The Labute approximate surface area is 313 Å². The zero-order chi connectivity index (χ0) is 33.8. The van der Waals surface area contributed by atoms with Crippen molar-refractivity contribution in [3.8, 4) is 0 Å². The van der Waals surface area contributed by atoms with E-state index in [9.17, 15) is 0 Å². The van der Waals surface area contributed by atoms with Crippen LogP contribution in [0.1, 0.15) is 44.5 Å². The van der Waals surface area contributed by atoms with E-state index in [2.05, 4.69) is 146 Å². The fourth-order valence-electron chi connectivity index (χ4n) is 5.89. The maximum Gasteiger partial charge on any atom is 0.0897 e. The molecule has 0 spiro atoms. The molecule has 7 rings (SSSR count). The second kappa shape index (κ2) is 18.0. The normalized spacial score (nSPS) is 11.4. The number of rotatable bonds is 16. The number of hydrogen-bond donors (Lipinski definition) is 0. The molecular weight excluding hydrogens is 685 g/mol. The van der Waals surface area contributed by atoms with Crippen molar-refractivity contribution in [2.24, 2.45) is 0 Å². The molecular formula is C44H40N2S4. The summed E-state index contributed by atoms with van der Waals surface area (Å²) in [5.41, 5.74) is 14.8. The van der Waals surface area contributed by atoms with Gasteiger partial charge in [0.25, 0.3) is 0 Å². The van der Waals surface area contributed by atoms with Gasteiger partial charge in [0.2, 0.25) is 0 Å². The molecule has 0 saturated heterocycles. The topological polar surface area (TPSA) is 25.8 Å². The molecule has 0 atom stereocenters. The zero-order valence-corrected chi connectivity index (χ0v) is 31.3. The Hall–Kier alpha value is -3.68. The van der Waals surface area contributed by atoms with Gasteiger partial charge in [-0.1, -0.05) is 121 Å². The van der Waals surface area contributed by atoms with Gasteiger partial charge in [-0.25, -0.2) is 9.97 Å². The molecule has 1 heterocycles. The minimum atomic E-state index is 0.949. The van der Waals surface area contributed by atoms with Crippen molar-refractivity contribution < 1.29 is 0 Å². The van der Waals surface area contributed by atoms with Gasteiger partial charge in [0.15, 0.2) is 0 Å². The van der Waals surface area contributed by atoms with Crippen LogP contribution in [0.5, 0.6) is 0 Å². The van der Waals surface area contributed by atoms with E-state index in [4.69, 9.17) is 9.97 Å². The zero-order valence-electron chi connectivity index (χ0n) is 28.0. The Morgan fingerprint density at radius 3 is 0.720 bits per heavy atom. The molecule has 7 aromatic rings. The third-order valence-corrected chi connectivity index (χ3v) is 12.8. The van der Waals surface area contributed by atoms with E-state index in [0.717, 1.165) is 68.1 Å². The SMILES string of the molecule is c1ccc(CSCc2cc3nc4cc(CSCc5ccccc5)c(CSCc5ccccc5)cc4nc3cc2CSCc2ccccc2)cc1. The predicted molar refractivity (Wildman–Crippen MR) is 223 cm³/mol. The Morgan fingerprint density at radius 2 is 0.500 bits per heavy atom. The van der Waals surface area contributed by atoms with Gasteiger partial charge >= 0.3 is 0 Å². The molecule has 0 saturated carbocycles. The van der Waals surface area contributed by atoms with Gasteiger partial charge < -0.3 is 0 Å². The monoisotopic (exact) mass is 724 g/mol. The predicted octanol–water partition coefficient (Wildman–Crippen LogP) is 12.5. The van der Waals surface area contributed by atoms with Crippen molar-refractivity contribution in [3.05, 3.63) is 190 Å². The summed E-state index contributed by atoms with van der Waals surface area (Å²) >= 11 is 7.88. The highest BCUT2D eigenvalue weighted by molar-refractivity contribution is 7.98. The van der Waals surface area contributed by atoms with E-state index >= 15 is 0 Å². The smallest absolute Gasteiger partial charge is 0.0897 e. The van der Waals surface area contributed by atoms with Gasteiger partial charge in [0, 0.05) is 46.0 Å². The van der Waals surface area contributed by atoms with Gasteiger partial charge in [-0.3, -0.25) is 0 Å². The minimum Gasteiger partial charge on any atom is -0.244 e. The summed E-state index contributed by atoms with van der Waals surface area (Å²) < 4.78 is 0. The highest BCUT2D eigenvalue weighted by Gasteiger charge is 2.13. The number of nitrogens with zero attached hydrogens (tertiary/aromatic N) is 2. The molecule has 0 aliphatic rings. The molecule has 0 amide bonds. The average molecular weight is 725 g/mol. The Balaban J connectivity index is 1.17. The van der Waals surface area contributed by atoms with Crippen molar-refractivity contribution >= 4 is 69.1 Å². The summed E-state index contributed by atoms with van der Waals surface area (Å²) in [6.45, 7) is 0. The molecule has 0 N–H and O–H groups in total. The van der Waals surface area contributed by atoms with Crippen LogP contribution in [-0.4, -0.2) is 9.97 Å². The molecule has 0 radical (unpaired) electrons. The molecule has 0 fully saturated rings. The molecule has 50 heavy (non-hydrogen) atoms. The summed E-state index contributed by atoms with van der Waals surface area (Å²) in [5.74, 6) is 7.77. The van der Waals surface area contributed by atoms with Crippen LogP contribution in [-0.2, 0) is 46.0 Å². The standard InChI is InChI=1S/C44H40N2S4/c1-5-13-33(14-6-1)25-47-29-37-21-41-42(22-38(37)30-48-26-34-15-7-2-8-16-34)46-44-24-40(32-50-28-36-19-11-4-12-20-36)39(23-43(44)45-41)31-49-27-35-17-9-3-10-18-35/h1-24H,25-32H2. The first-order valence-electron chi connectivity index (χ1n) is 17.0. The molecule has 1 aromatic heterocycles. The first-order valence-corrected chi connectivity index (χ1v) is 21.6. The fourth-order valence-corrected chi connectivity index (χ4v) is 9.97. The number of aromatic nitrogens is 2. The van der Waals surface area contributed by atoms with Crippen LogP contribution in [0.15, 0.2) is 146 Å². The Morgan fingerprint density at radius 1 is 0.280 bits per heavy atom. The molecule has 0 aliphatic carbocycles. The molecule has 0 unspecified atom stereocenters. The van der Waals surface area contributed by atoms with E-state index in [1.54, 1.807) is 0 Å². The summed E-state index contributed by atoms with van der Waals surface area (Å²) in [6, 6.07) is 52.3. The first-order chi connectivity index (χ1) is 24.8. The van der Waals surface area contributed by atoms with Gasteiger partial charge in [-0.2, -0.15) is 47.0 Å². The Bertz CT molecular complexity index is 1800. The lowest BCUT2D eigenvalue weighted by atomic mass is 10.1. The van der Waals surface area contributed by atoms with Crippen LogP contribution in [0.25, 0.3) is 22.1 Å².